The van der Waals surface area contributed by atoms with Crippen LogP contribution in [0.3, 0.4) is 0 Å². The van der Waals surface area contributed by atoms with E-state index in [0.717, 1.165) is 18.1 Å². The average Bonchev–Trinajstić information content (AvgIpc) is 2.43. The summed E-state index contributed by atoms with van der Waals surface area (Å²) < 4.78 is 0. The molecular weight excluding hydrogens is 218 g/mol. The van der Waals surface area contributed by atoms with Crippen molar-refractivity contribution < 1.29 is 5.11 Å². The minimum absolute atomic E-state index is 0.473. The van der Waals surface area contributed by atoms with Gasteiger partial charge in [0.05, 0.1) is 5.60 Å². The van der Waals surface area contributed by atoms with Gasteiger partial charge in [-0.25, -0.2) is 0 Å². The lowest BCUT2D eigenvalue weighted by Gasteiger charge is -2.28. The molecule has 1 unspecified atom stereocenters. The molecule has 0 saturated heterocycles. The Hall–Kier alpha value is 0.270. The predicted octanol–water partition coefficient (Wildman–Crippen LogP) is 2.66. The fraction of sp³-hybridized carbons (Fsp3) is 1.00. The highest BCUT2D eigenvalue weighted by Gasteiger charge is 2.33. The van der Waals surface area contributed by atoms with E-state index in [1.165, 1.54) is 19.3 Å². The highest BCUT2D eigenvalue weighted by Crippen LogP contribution is 2.37. The zero-order valence-corrected chi connectivity index (χ0v) is 12.0. The van der Waals surface area contributed by atoms with E-state index in [1.807, 2.05) is 25.6 Å². The van der Waals surface area contributed by atoms with Crippen molar-refractivity contribution in [2.24, 2.45) is 5.41 Å². The second-order valence-electron chi connectivity index (χ2n) is 6.25. The molecule has 0 aliphatic heterocycles. The summed E-state index contributed by atoms with van der Waals surface area (Å²) in [4.78, 5) is 0. The van der Waals surface area contributed by atoms with E-state index in [1.54, 1.807) is 0 Å². The van der Waals surface area contributed by atoms with Crippen LogP contribution in [0.25, 0.3) is 0 Å². The summed E-state index contributed by atoms with van der Waals surface area (Å²) in [5, 5.41) is 13.2. The first kappa shape index (κ1) is 14.3. The molecule has 1 fully saturated rings. The molecule has 3 heteroatoms. The van der Waals surface area contributed by atoms with Gasteiger partial charge in [-0.3, -0.25) is 0 Å². The Balaban J connectivity index is 2.08. The Morgan fingerprint density at radius 3 is 2.62 bits per heavy atom. The molecule has 96 valence electrons. The van der Waals surface area contributed by atoms with Gasteiger partial charge >= 0.3 is 0 Å². The highest BCUT2D eigenvalue weighted by atomic mass is 32.2. The van der Waals surface area contributed by atoms with Crippen LogP contribution in [0, 0.1) is 5.41 Å². The second-order valence-corrected chi connectivity index (χ2v) is 7.36. The first-order valence-corrected chi connectivity index (χ1v) is 7.50. The van der Waals surface area contributed by atoms with Crippen molar-refractivity contribution in [3.63, 3.8) is 0 Å². The zero-order chi connectivity index (χ0) is 12.2. The molecule has 0 spiro atoms. The third-order valence-electron chi connectivity index (χ3n) is 3.35. The minimum Gasteiger partial charge on any atom is -0.390 e. The topological polar surface area (TPSA) is 32.3 Å². The molecule has 0 aromatic heterocycles. The number of rotatable bonds is 6. The van der Waals surface area contributed by atoms with Gasteiger partial charge in [0.25, 0.3) is 0 Å². The zero-order valence-electron chi connectivity index (χ0n) is 11.2. The van der Waals surface area contributed by atoms with E-state index in [-0.39, 0.29) is 0 Å². The molecule has 0 heterocycles. The van der Waals surface area contributed by atoms with Gasteiger partial charge in [-0.05, 0) is 32.1 Å². The van der Waals surface area contributed by atoms with Crippen LogP contribution in [0.15, 0.2) is 0 Å². The number of hydrogen-bond acceptors (Lipinski definition) is 3. The quantitative estimate of drug-likeness (QED) is 0.706. The lowest BCUT2D eigenvalue weighted by Crippen LogP contribution is -2.39. The Labute approximate surface area is 105 Å². The molecule has 0 aromatic carbocycles. The maximum Gasteiger partial charge on any atom is 0.0681 e. The van der Waals surface area contributed by atoms with E-state index in [9.17, 15) is 5.11 Å². The van der Waals surface area contributed by atoms with Gasteiger partial charge in [0.2, 0.25) is 0 Å². The fourth-order valence-corrected chi connectivity index (χ4v) is 3.24. The number of aliphatic hydroxyl groups is 1. The van der Waals surface area contributed by atoms with Crippen molar-refractivity contribution in [2.45, 2.75) is 58.6 Å². The van der Waals surface area contributed by atoms with Crippen LogP contribution in [0.1, 0.15) is 47.0 Å². The molecule has 1 aliphatic carbocycles. The van der Waals surface area contributed by atoms with Crippen molar-refractivity contribution in [2.75, 3.05) is 18.1 Å². The van der Waals surface area contributed by atoms with Gasteiger partial charge in [-0.15, -0.1) is 0 Å². The smallest absolute Gasteiger partial charge is 0.0681 e. The fourth-order valence-electron chi connectivity index (χ4n) is 2.33. The van der Waals surface area contributed by atoms with Crippen LogP contribution in [0.4, 0.5) is 0 Å². The standard InChI is InChI=1S/C13H27NOS/c1-12(2)7-5-6-11(12)14-8-9-16-10-13(3,4)15/h11,14-15H,5-10H2,1-4H3. The summed E-state index contributed by atoms with van der Waals surface area (Å²) in [7, 11) is 0. The molecule has 0 amide bonds. The molecular formula is C13H27NOS. The van der Waals surface area contributed by atoms with Crippen molar-refractivity contribution in [1.82, 2.24) is 5.32 Å². The van der Waals surface area contributed by atoms with Crippen molar-refractivity contribution >= 4 is 11.8 Å². The molecule has 2 N–H and O–H groups in total. The largest absolute Gasteiger partial charge is 0.390 e. The third kappa shape index (κ3) is 5.07. The second kappa shape index (κ2) is 5.74. The monoisotopic (exact) mass is 245 g/mol. The molecule has 1 saturated carbocycles. The summed E-state index contributed by atoms with van der Waals surface area (Å²) in [6.45, 7) is 9.53. The molecule has 1 atom stereocenters. The first-order chi connectivity index (χ1) is 7.31. The Kier molecular flexibility index (Phi) is 5.14. The summed E-state index contributed by atoms with van der Waals surface area (Å²) in [6.07, 6.45) is 4.03. The third-order valence-corrected chi connectivity index (χ3v) is 4.75. The van der Waals surface area contributed by atoms with Gasteiger partial charge in [0.1, 0.15) is 0 Å². The lowest BCUT2D eigenvalue weighted by molar-refractivity contribution is 0.107. The van der Waals surface area contributed by atoms with E-state index in [2.05, 4.69) is 19.2 Å². The number of nitrogens with one attached hydrogen (secondary N) is 1. The Morgan fingerprint density at radius 1 is 1.44 bits per heavy atom. The van der Waals surface area contributed by atoms with E-state index >= 15 is 0 Å². The summed E-state index contributed by atoms with van der Waals surface area (Å²) >= 11 is 1.83. The normalized spacial score (nSPS) is 24.9. The summed E-state index contributed by atoms with van der Waals surface area (Å²) in [6, 6.07) is 0.690. The van der Waals surface area contributed by atoms with E-state index < -0.39 is 5.60 Å². The van der Waals surface area contributed by atoms with Crippen molar-refractivity contribution in [3.05, 3.63) is 0 Å². The van der Waals surface area contributed by atoms with E-state index in [0.29, 0.717) is 11.5 Å². The first-order valence-electron chi connectivity index (χ1n) is 6.35. The summed E-state index contributed by atoms with van der Waals surface area (Å²) in [5.41, 5.74) is -0.0573. The summed E-state index contributed by atoms with van der Waals surface area (Å²) in [5.74, 6) is 1.92. The molecule has 2 nitrogen and oxygen atoms in total. The van der Waals surface area contributed by atoms with Crippen LogP contribution in [0.2, 0.25) is 0 Å². The van der Waals surface area contributed by atoms with Crippen LogP contribution in [-0.2, 0) is 0 Å². The maximum absolute atomic E-state index is 9.57. The average molecular weight is 245 g/mol. The predicted molar refractivity (Wildman–Crippen MR) is 73.0 cm³/mol. The van der Waals surface area contributed by atoms with Gasteiger partial charge in [0.15, 0.2) is 0 Å². The molecule has 1 aliphatic rings. The lowest BCUT2D eigenvalue weighted by atomic mass is 9.87. The van der Waals surface area contributed by atoms with Gasteiger partial charge in [-0.2, -0.15) is 11.8 Å². The molecule has 0 aromatic rings. The minimum atomic E-state index is -0.530. The molecule has 1 rings (SSSR count). The van der Waals surface area contributed by atoms with Crippen LogP contribution in [-0.4, -0.2) is 34.8 Å². The van der Waals surface area contributed by atoms with Crippen LogP contribution in [0.5, 0.6) is 0 Å². The van der Waals surface area contributed by atoms with Crippen LogP contribution >= 0.6 is 11.8 Å². The van der Waals surface area contributed by atoms with Crippen LogP contribution < -0.4 is 5.32 Å². The molecule has 0 radical (unpaired) electrons. The maximum atomic E-state index is 9.57. The van der Waals surface area contributed by atoms with E-state index in [4.69, 9.17) is 0 Å². The molecule has 0 bridgehead atoms. The number of hydrogen-bond donors (Lipinski definition) is 2. The van der Waals surface area contributed by atoms with Crippen molar-refractivity contribution in [3.8, 4) is 0 Å². The molecule has 16 heavy (non-hydrogen) atoms. The van der Waals surface area contributed by atoms with Gasteiger partial charge in [-0.1, -0.05) is 20.3 Å². The van der Waals surface area contributed by atoms with Gasteiger partial charge < -0.3 is 10.4 Å². The van der Waals surface area contributed by atoms with Crippen molar-refractivity contribution in [1.29, 1.82) is 0 Å². The highest BCUT2D eigenvalue weighted by molar-refractivity contribution is 7.99. The Bertz CT molecular complexity index is 210. The van der Waals surface area contributed by atoms with Gasteiger partial charge in [0, 0.05) is 24.1 Å². The SMILES string of the molecule is CC(C)(O)CSCCNC1CCCC1(C)C. The number of thioether (sulfide) groups is 1. The Morgan fingerprint density at radius 2 is 2.12 bits per heavy atom.